The molecule has 0 aliphatic heterocycles. The number of aliphatic hydroxyl groups is 1. The van der Waals surface area contributed by atoms with Gasteiger partial charge in [-0.1, -0.05) is 182 Å². The fourth-order valence-electron chi connectivity index (χ4n) is 8.02. The Balaban J connectivity index is 4.54. The summed E-state index contributed by atoms with van der Waals surface area (Å²) in [4.78, 5) is 26.8. The maximum Gasteiger partial charge on any atom is 0.308 e. The summed E-state index contributed by atoms with van der Waals surface area (Å²) in [6.45, 7) is 15.4. The van der Waals surface area contributed by atoms with Gasteiger partial charge in [-0.3, -0.25) is 9.59 Å². The van der Waals surface area contributed by atoms with Crippen LogP contribution in [0.5, 0.6) is 0 Å². The lowest BCUT2D eigenvalue weighted by Gasteiger charge is -2.24. The first-order valence-electron chi connectivity index (χ1n) is 25.2. The van der Waals surface area contributed by atoms with Crippen LogP contribution in [-0.2, 0) is 23.8 Å². The third kappa shape index (κ3) is 38.8. The molecule has 1 N–H and O–H groups in total. The Morgan fingerprint density at radius 3 is 1.28 bits per heavy atom. The Hall–Kier alpha value is -1.18. The van der Waals surface area contributed by atoms with E-state index in [0.717, 1.165) is 110 Å². The quantitative estimate of drug-likeness (QED) is 0.0372. The number of esters is 2. The van der Waals surface area contributed by atoms with E-state index in [0.29, 0.717) is 19.8 Å². The molecule has 3 atom stereocenters. The summed E-state index contributed by atoms with van der Waals surface area (Å²) in [5, 5.41) is 11.0. The molecule has 0 aromatic rings. The Morgan fingerprint density at radius 1 is 0.439 bits per heavy atom. The summed E-state index contributed by atoms with van der Waals surface area (Å²) in [6, 6.07) is 0. The molecular weight excluding hydrogens is 711 g/mol. The minimum Gasteiger partial charge on any atom is -0.466 e. The first-order chi connectivity index (χ1) is 27.9. The van der Waals surface area contributed by atoms with E-state index in [4.69, 9.17) is 14.2 Å². The average Bonchev–Trinajstić information content (AvgIpc) is 3.20. The molecule has 0 heterocycles. The summed E-state index contributed by atoms with van der Waals surface area (Å²) < 4.78 is 17.0. The molecule has 0 aliphatic carbocycles. The highest BCUT2D eigenvalue weighted by Crippen LogP contribution is 2.24. The van der Waals surface area contributed by atoms with Crippen molar-refractivity contribution in [3.8, 4) is 0 Å². The zero-order valence-electron chi connectivity index (χ0n) is 39.0. The van der Waals surface area contributed by atoms with Gasteiger partial charge in [-0.15, -0.1) is 0 Å². The summed E-state index contributed by atoms with van der Waals surface area (Å²) in [5.74, 6) is 0.205. The van der Waals surface area contributed by atoms with Crippen LogP contribution in [0.4, 0.5) is 0 Å². The predicted molar refractivity (Wildman–Crippen MR) is 243 cm³/mol. The SMILES string of the molecule is CCCCCCCCC(CCCCCC)C(=O)OCCCCCCN(CCCCCCOC(O)C(CCCCCC)CCCCCCCC)CCCCOC(C)=O. The van der Waals surface area contributed by atoms with Crippen molar-refractivity contribution >= 4 is 11.9 Å². The molecule has 0 radical (unpaired) electrons. The third-order valence-electron chi connectivity index (χ3n) is 11.9. The molecule has 0 bridgehead atoms. The van der Waals surface area contributed by atoms with Gasteiger partial charge in [-0.2, -0.15) is 0 Å². The Bertz CT molecular complexity index is 840. The van der Waals surface area contributed by atoms with Crippen molar-refractivity contribution in [3.05, 3.63) is 0 Å². The molecule has 7 nitrogen and oxygen atoms in total. The van der Waals surface area contributed by atoms with Gasteiger partial charge in [0, 0.05) is 19.4 Å². The Labute approximate surface area is 355 Å². The highest BCUT2D eigenvalue weighted by atomic mass is 16.6. The first-order valence-corrected chi connectivity index (χ1v) is 25.2. The maximum absolute atomic E-state index is 13.0. The number of hydrogen-bond donors (Lipinski definition) is 1. The van der Waals surface area contributed by atoms with E-state index in [1.54, 1.807) is 0 Å². The van der Waals surface area contributed by atoms with Crippen LogP contribution in [0.3, 0.4) is 0 Å². The lowest BCUT2D eigenvalue weighted by atomic mass is 9.93. The van der Waals surface area contributed by atoms with Gasteiger partial charge in [0.05, 0.1) is 19.1 Å². The average molecular weight is 810 g/mol. The molecule has 0 saturated heterocycles. The van der Waals surface area contributed by atoms with Crippen LogP contribution in [0.2, 0.25) is 0 Å². The normalized spacial score (nSPS) is 13.2. The molecule has 0 amide bonds. The molecule has 3 unspecified atom stereocenters. The number of ether oxygens (including phenoxy) is 3. The number of aliphatic hydroxyl groups excluding tert-OH is 1. The van der Waals surface area contributed by atoms with Crippen LogP contribution >= 0.6 is 0 Å². The molecule has 340 valence electrons. The zero-order chi connectivity index (χ0) is 41.9. The topological polar surface area (TPSA) is 85.3 Å². The standard InChI is InChI=1S/C50H99NO6/c1-6-10-14-18-20-28-38-47(36-26-16-12-8-3)49(53)56-44-33-24-22-30-40-51(42-32-35-43-55-46(5)52)41-31-23-25-34-45-57-50(54)48(37-27-17-13-9-4)39-29-21-19-15-11-7-2/h47-49,53H,6-45H2,1-5H3. The molecule has 0 fully saturated rings. The van der Waals surface area contributed by atoms with Gasteiger partial charge in [0.25, 0.3) is 0 Å². The number of rotatable bonds is 46. The molecule has 0 rings (SSSR count). The van der Waals surface area contributed by atoms with Crippen molar-refractivity contribution in [1.82, 2.24) is 4.90 Å². The summed E-state index contributed by atoms with van der Waals surface area (Å²) in [7, 11) is 0. The van der Waals surface area contributed by atoms with E-state index in [2.05, 4.69) is 32.6 Å². The molecule has 57 heavy (non-hydrogen) atoms. The van der Waals surface area contributed by atoms with E-state index in [1.807, 2.05) is 0 Å². The van der Waals surface area contributed by atoms with E-state index in [9.17, 15) is 14.7 Å². The van der Waals surface area contributed by atoms with Crippen LogP contribution in [0.15, 0.2) is 0 Å². The first kappa shape index (κ1) is 55.8. The molecule has 7 heteroatoms. The van der Waals surface area contributed by atoms with Gasteiger partial charge < -0.3 is 24.2 Å². The molecular formula is C50H99NO6. The molecule has 0 spiro atoms. The van der Waals surface area contributed by atoms with Crippen LogP contribution < -0.4 is 0 Å². The second-order valence-electron chi connectivity index (χ2n) is 17.4. The highest BCUT2D eigenvalue weighted by molar-refractivity contribution is 5.72. The summed E-state index contributed by atoms with van der Waals surface area (Å²) in [5.41, 5.74) is 0. The van der Waals surface area contributed by atoms with Gasteiger partial charge >= 0.3 is 11.9 Å². The zero-order valence-corrected chi connectivity index (χ0v) is 39.0. The maximum atomic E-state index is 13.0. The van der Waals surface area contributed by atoms with Gasteiger partial charge in [-0.25, -0.2) is 0 Å². The summed E-state index contributed by atoms with van der Waals surface area (Å²) >= 11 is 0. The van der Waals surface area contributed by atoms with E-state index in [-0.39, 0.29) is 23.8 Å². The number of nitrogens with zero attached hydrogens (tertiary/aromatic N) is 1. The molecule has 0 aromatic carbocycles. The van der Waals surface area contributed by atoms with Crippen molar-refractivity contribution in [2.75, 3.05) is 39.5 Å². The third-order valence-corrected chi connectivity index (χ3v) is 11.9. The highest BCUT2D eigenvalue weighted by Gasteiger charge is 2.20. The van der Waals surface area contributed by atoms with Crippen molar-refractivity contribution in [3.63, 3.8) is 0 Å². The van der Waals surface area contributed by atoms with Gasteiger partial charge in [0.2, 0.25) is 0 Å². The molecule has 0 aromatic heterocycles. The van der Waals surface area contributed by atoms with Gasteiger partial charge in [-0.05, 0) is 83.8 Å². The lowest BCUT2D eigenvalue weighted by molar-refractivity contribution is -0.149. The smallest absolute Gasteiger partial charge is 0.308 e. The fourth-order valence-corrected chi connectivity index (χ4v) is 8.02. The second kappa shape index (κ2) is 44.4. The monoisotopic (exact) mass is 810 g/mol. The second-order valence-corrected chi connectivity index (χ2v) is 17.4. The lowest BCUT2D eigenvalue weighted by Crippen LogP contribution is -2.27. The van der Waals surface area contributed by atoms with E-state index < -0.39 is 6.29 Å². The van der Waals surface area contributed by atoms with Crippen molar-refractivity contribution in [2.24, 2.45) is 11.8 Å². The van der Waals surface area contributed by atoms with Gasteiger partial charge in [0.15, 0.2) is 6.29 Å². The minimum absolute atomic E-state index is 0.0493. The largest absolute Gasteiger partial charge is 0.466 e. The van der Waals surface area contributed by atoms with Gasteiger partial charge in [0.1, 0.15) is 0 Å². The minimum atomic E-state index is -0.621. The van der Waals surface area contributed by atoms with E-state index in [1.165, 1.54) is 135 Å². The Kier molecular flexibility index (Phi) is 43.5. The fraction of sp³-hybridized carbons (Fsp3) is 0.960. The predicted octanol–water partition coefficient (Wildman–Crippen LogP) is 14.3. The molecule has 0 saturated carbocycles. The van der Waals surface area contributed by atoms with Crippen LogP contribution in [0, 0.1) is 11.8 Å². The summed E-state index contributed by atoms with van der Waals surface area (Å²) in [6.07, 6.45) is 39.4. The van der Waals surface area contributed by atoms with Crippen molar-refractivity contribution in [1.29, 1.82) is 0 Å². The molecule has 0 aliphatic rings. The van der Waals surface area contributed by atoms with Crippen LogP contribution in [0.25, 0.3) is 0 Å². The van der Waals surface area contributed by atoms with Crippen molar-refractivity contribution < 1.29 is 28.9 Å². The Morgan fingerprint density at radius 2 is 0.789 bits per heavy atom. The van der Waals surface area contributed by atoms with E-state index >= 15 is 0 Å². The number of carbonyl (C=O) groups is 2. The van der Waals surface area contributed by atoms with Crippen molar-refractivity contribution in [2.45, 2.75) is 259 Å². The number of carbonyl (C=O) groups excluding carboxylic acids is 2. The van der Waals surface area contributed by atoms with Crippen LogP contribution in [0.1, 0.15) is 253 Å². The van der Waals surface area contributed by atoms with Crippen LogP contribution in [-0.4, -0.2) is 67.7 Å². The number of unbranched alkanes of at least 4 members (excludes halogenated alkanes) is 23. The number of hydrogen-bond acceptors (Lipinski definition) is 7.